The monoisotopic (exact) mass is 445 g/mol. The molecule has 0 aromatic heterocycles. The summed E-state index contributed by atoms with van der Waals surface area (Å²) in [5, 5.41) is 3.25. The zero-order chi connectivity index (χ0) is 18.8. The molecule has 1 amide bonds. The van der Waals surface area contributed by atoms with Gasteiger partial charge in [0.2, 0.25) is 0 Å². The average Bonchev–Trinajstić information content (AvgIpc) is 2.50. The summed E-state index contributed by atoms with van der Waals surface area (Å²) in [5.74, 6) is 0.0873. The standard InChI is InChI=1S/C17H17BrClNO4S/c1-10-4-6-13(25(3,22)23)9-15(10)20-17(21)11(2)24-16-7-5-12(19)8-14(16)18/h4-9,11H,1-3H3,(H,20,21). The molecule has 0 aliphatic rings. The molecule has 1 atom stereocenters. The third-order valence-electron chi connectivity index (χ3n) is 3.46. The topological polar surface area (TPSA) is 72.5 Å². The van der Waals surface area contributed by atoms with Crippen molar-refractivity contribution in [2.75, 3.05) is 11.6 Å². The molecule has 0 saturated heterocycles. The average molecular weight is 447 g/mol. The number of halogens is 2. The van der Waals surface area contributed by atoms with Crippen LogP contribution in [0.1, 0.15) is 12.5 Å². The lowest BCUT2D eigenvalue weighted by molar-refractivity contribution is -0.122. The zero-order valence-electron chi connectivity index (χ0n) is 13.8. The summed E-state index contributed by atoms with van der Waals surface area (Å²) in [6.45, 7) is 3.38. The van der Waals surface area contributed by atoms with E-state index in [0.29, 0.717) is 20.9 Å². The van der Waals surface area contributed by atoms with Gasteiger partial charge in [-0.1, -0.05) is 17.7 Å². The molecule has 0 fully saturated rings. The van der Waals surface area contributed by atoms with Crippen molar-refractivity contribution in [3.8, 4) is 5.75 Å². The lowest BCUT2D eigenvalue weighted by Gasteiger charge is -2.17. The Morgan fingerprint density at radius 2 is 1.92 bits per heavy atom. The summed E-state index contributed by atoms with van der Waals surface area (Å²) in [5.41, 5.74) is 1.18. The summed E-state index contributed by atoms with van der Waals surface area (Å²) in [6.07, 6.45) is 0.325. The van der Waals surface area contributed by atoms with Crippen molar-refractivity contribution < 1.29 is 17.9 Å². The molecule has 134 valence electrons. The predicted octanol–water partition coefficient (Wildman–Crippen LogP) is 4.22. The van der Waals surface area contributed by atoms with E-state index < -0.39 is 21.8 Å². The fourth-order valence-corrected chi connectivity index (χ4v) is 3.44. The van der Waals surface area contributed by atoms with E-state index in [1.54, 1.807) is 38.1 Å². The van der Waals surface area contributed by atoms with E-state index in [0.717, 1.165) is 11.8 Å². The number of hydrogen-bond acceptors (Lipinski definition) is 4. The second kappa shape index (κ2) is 7.76. The number of ether oxygens (including phenoxy) is 1. The second-order valence-corrected chi connectivity index (χ2v) is 8.88. The molecule has 25 heavy (non-hydrogen) atoms. The summed E-state index contributed by atoms with van der Waals surface area (Å²) < 4.78 is 29.6. The molecule has 0 saturated carbocycles. The van der Waals surface area contributed by atoms with Gasteiger partial charge in [-0.15, -0.1) is 0 Å². The molecular weight excluding hydrogens is 430 g/mol. The van der Waals surface area contributed by atoms with E-state index >= 15 is 0 Å². The Bertz CT molecular complexity index is 915. The quantitative estimate of drug-likeness (QED) is 0.746. The molecule has 8 heteroatoms. The van der Waals surface area contributed by atoms with Gasteiger partial charge in [0, 0.05) is 17.0 Å². The highest BCUT2D eigenvalue weighted by molar-refractivity contribution is 9.10. The van der Waals surface area contributed by atoms with Crippen molar-refractivity contribution in [2.24, 2.45) is 0 Å². The highest BCUT2D eigenvalue weighted by atomic mass is 79.9. The van der Waals surface area contributed by atoms with Crippen LogP contribution >= 0.6 is 27.5 Å². The molecular formula is C17H17BrClNO4S. The maximum Gasteiger partial charge on any atom is 0.265 e. The van der Waals surface area contributed by atoms with E-state index in [9.17, 15) is 13.2 Å². The molecule has 0 spiro atoms. The van der Waals surface area contributed by atoms with Gasteiger partial charge in [0.1, 0.15) is 5.75 Å². The summed E-state index contributed by atoms with van der Waals surface area (Å²) in [6, 6.07) is 9.57. The molecule has 2 aromatic carbocycles. The number of carbonyl (C=O) groups excluding carboxylic acids is 1. The first-order chi connectivity index (χ1) is 11.6. The Hall–Kier alpha value is -1.57. The van der Waals surface area contributed by atoms with Crippen molar-refractivity contribution in [1.82, 2.24) is 0 Å². The van der Waals surface area contributed by atoms with Crippen LogP contribution in [0.5, 0.6) is 5.75 Å². The minimum absolute atomic E-state index is 0.141. The number of sulfone groups is 1. The highest BCUT2D eigenvalue weighted by Crippen LogP contribution is 2.29. The van der Waals surface area contributed by atoms with Crippen LogP contribution in [0.4, 0.5) is 5.69 Å². The molecule has 1 N–H and O–H groups in total. The molecule has 5 nitrogen and oxygen atoms in total. The molecule has 0 aliphatic heterocycles. The summed E-state index contributed by atoms with van der Waals surface area (Å²) in [4.78, 5) is 12.5. The van der Waals surface area contributed by atoms with E-state index in [2.05, 4.69) is 21.2 Å². The van der Waals surface area contributed by atoms with Crippen LogP contribution in [-0.2, 0) is 14.6 Å². The van der Waals surface area contributed by atoms with Gasteiger partial charge in [-0.2, -0.15) is 0 Å². The number of carbonyl (C=O) groups is 1. The first-order valence-electron chi connectivity index (χ1n) is 7.31. The SMILES string of the molecule is Cc1ccc(S(C)(=O)=O)cc1NC(=O)C(C)Oc1ccc(Cl)cc1Br. The first kappa shape index (κ1) is 19.8. The fourth-order valence-electron chi connectivity index (χ4n) is 2.02. The number of hydrogen-bond donors (Lipinski definition) is 1. The minimum atomic E-state index is -3.36. The van der Waals surface area contributed by atoms with E-state index in [-0.39, 0.29) is 4.90 Å². The molecule has 0 aliphatic carbocycles. The molecule has 0 heterocycles. The Morgan fingerprint density at radius 1 is 1.24 bits per heavy atom. The number of nitrogens with one attached hydrogen (secondary N) is 1. The van der Waals surface area contributed by atoms with Crippen LogP contribution in [-0.4, -0.2) is 26.7 Å². The van der Waals surface area contributed by atoms with Crippen molar-refractivity contribution in [1.29, 1.82) is 0 Å². The van der Waals surface area contributed by atoms with Gasteiger partial charge in [0.25, 0.3) is 5.91 Å². The van der Waals surface area contributed by atoms with Gasteiger partial charge in [-0.3, -0.25) is 4.79 Å². The minimum Gasteiger partial charge on any atom is -0.480 e. The molecule has 0 radical (unpaired) electrons. The number of amides is 1. The molecule has 1 unspecified atom stereocenters. The second-order valence-electron chi connectivity index (χ2n) is 5.57. The Labute approximate surface area is 160 Å². The maximum absolute atomic E-state index is 12.4. The van der Waals surface area contributed by atoms with E-state index in [1.807, 2.05) is 0 Å². The van der Waals surface area contributed by atoms with Crippen LogP contribution in [0.25, 0.3) is 0 Å². The number of benzene rings is 2. The highest BCUT2D eigenvalue weighted by Gasteiger charge is 2.18. The van der Waals surface area contributed by atoms with Crippen molar-refractivity contribution in [2.45, 2.75) is 24.8 Å². The van der Waals surface area contributed by atoms with E-state index in [1.165, 1.54) is 12.1 Å². The molecule has 0 bridgehead atoms. The largest absolute Gasteiger partial charge is 0.480 e. The third-order valence-corrected chi connectivity index (χ3v) is 5.43. The lowest BCUT2D eigenvalue weighted by Crippen LogP contribution is -2.30. The van der Waals surface area contributed by atoms with Crippen LogP contribution < -0.4 is 10.1 Å². The number of rotatable bonds is 5. The number of anilines is 1. The number of aryl methyl sites for hydroxylation is 1. The third kappa shape index (κ3) is 5.20. The normalized spacial score (nSPS) is 12.5. The molecule has 2 rings (SSSR count). The smallest absolute Gasteiger partial charge is 0.265 e. The van der Waals surface area contributed by atoms with Gasteiger partial charge in [0.15, 0.2) is 15.9 Å². The van der Waals surface area contributed by atoms with Crippen LogP contribution in [0, 0.1) is 6.92 Å². The predicted molar refractivity (Wildman–Crippen MR) is 102 cm³/mol. The lowest BCUT2D eigenvalue weighted by atomic mass is 10.2. The maximum atomic E-state index is 12.4. The summed E-state index contributed by atoms with van der Waals surface area (Å²) in [7, 11) is -3.36. The van der Waals surface area contributed by atoms with Crippen LogP contribution in [0.3, 0.4) is 0 Å². The van der Waals surface area contributed by atoms with Crippen molar-refractivity contribution in [3.05, 3.63) is 51.5 Å². The van der Waals surface area contributed by atoms with Gasteiger partial charge >= 0.3 is 0 Å². The zero-order valence-corrected chi connectivity index (χ0v) is 17.0. The Kier molecular flexibility index (Phi) is 6.13. The van der Waals surface area contributed by atoms with E-state index in [4.69, 9.17) is 16.3 Å². The van der Waals surface area contributed by atoms with Crippen LogP contribution in [0.15, 0.2) is 45.8 Å². The van der Waals surface area contributed by atoms with Gasteiger partial charge < -0.3 is 10.1 Å². The first-order valence-corrected chi connectivity index (χ1v) is 10.4. The Morgan fingerprint density at radius 3 is 2.52 bits per heavy atom. The fraction of sp³-hybridized carbons (Fsp3) is 0.235. The Balaban J connectivity index is 2.16. The van der Waals surface area contributed by atoms with Crippen LogP contribution in [0.2, 0.25) is 5.02 Å². The van der Waals surface area contributed by atoms with Gasteiger partial charge in [-0.25, -0.2) is 8.42 Å². The van der Waals surface area contributed by atoms with Crippen molar-refractivity contribution in [3.63, 3.8) is 0 Å². The van der Waals surface area contributed by atoms with Gasteiger partial charge in [-0.05, 0) is 65.7 Å². The van der Waals surface area contributed by atoms with Crippen molar-refractivity contribution >= 4 is 49.0 Å². The van der Waals surface area contributed by atoms with Gasteiger partial charge in [0.05, 0.1) is 9.37 Å². The summed E-state index contributed by atoms with van der Waals surface area (Å²) >= 11 is 9.21. The molecule has 2 aromatic rings.